The predicted molar refractivity (Wildman–Crippen MR) is 89.8 cm³/mol. The molecule has 1 aliphatic rings. The second kappa shape index (κ2) is 6.71. The Morgan fingerprint density at radius 3 is 2.78 bits per heavy atom. The fraction of sp³-hybridized carbons (Fsp3) is 0.444. The van der Waals surface area contributed by atoms with Gasteiger partial charge < -0.3 is 9.47 Å². The molecule has 1 saturated carbocycles. The number of methoxy groups -OCH3 is 1. The molecule has 0 radical (unpaired) electrons. The summed E-state index contributed by atoms with van der Waals surface area (Å²) in [6, 6.07) is 6.05. The second-order valence-electron chi connectivity index (χ2n) is 6.02. The van der Waals surface area contributed by atoms with Crippen molar-refractivity contribution < 1.29 is 14.3 Å². The minimum absolute atomic E-state index is 0.130. The van der Waals surface area contributed by atoms with E-state index in [2.05, 4.69) is 4.98 Å². The van der Waals surface area contributed by atoms with Crippen LogP contribution in [0.1, 0.15) is 41.7 Å². The van der Waals surface area contributed by atoms with Crippen LogP contribution in [0.25, 0.3) is 0 Å². The number of ether oxygens (including phenoxy) is 2. The minimum atomic E-state index is -0.536. The Labute approximate surface area is 140 Å². The van der Waals surface area contributed by atoms with Crippen LogP contribution in [-0.4, -0.2) is 18.1 Å². The van der Waals surface area contributed by atoms with Crippen LogP contribution in [0.5, 0.6) is 5.75 Å². The summed E-state index contributed by atoms with van der Waals surface area (Å²) in [4.78, 5) is 17.9. The van der Waals surface area contributed by atoms with Crippen LogP contribution >= 0.6 is 11.3 Å². The molecule has 0 aliphatic heterocycles. The van der Waals surface area contributed by atoms with E-state index in [0.717, 1.165) is 47.4 Å². The van der Waals surface area contributed by atoms with Gasteiger partial charge in [-0.15, -0.1) is 11.3 Å². The molecule has 0 spiro atoms. The molecule has 1 fully saturated rings. The first-order chi connectivity index (χ1) is 11.2. The van der Waals surface area contributed by atoms with Gasteiger partial charge in [-0.1, -0.05) is 25.0 Å². The lowest BCUT2D eigenvalue weighted by atomic mass is 9.78. The molecule has 1 heterocycles. The van der Waals surface area contributed by atoms with Gasteiger partial charge >= 0.3 is 5.97 Å². The summed E-state index contributed by atoms with van der Waals surface area (Å²) >= 11 is 1.50. The molecular weight excluding hydrogens is 310 g/mol. The lowest BCUT2D eigenvalue weighted by Gasteiger charge is -2.27. The molecule has 0 atom stereocenters. The van der Waals surface area contributed by atoms with E-state index in [-0.39, 0.29) is 5.97 Å². The first-order valence-corrected chi connectivity index (χ1v) is 8.73. The first kappa shape index (κ1) is 16.0. The van der Waals surface area contributed by atoms with Crippen molar-refractivity contribution in [1.82, 2.24) is 4.98 Å². The Morgan fingerprint density at radius 1 is 1.35 bits per heavy atom. The molecule has 0 unspecified atom stereocenters. The van der Waals surface area contributed by atoms with E-state index >= 15 is 0 Å². The van der Waals surface area contributed by atoms with Gasteiger partial charge in [-0.3, -0.25) is 9.78 Å². The molecule has 1 aliphatic carbocycles. The average molecular weight is 331 g/mol. The number of hydrogen-bond acceptors (Lipinski definition) is 5. The molecule has 0 N–H and O–H groups in total. The number of aromatic nitrogens is 1. The van der Waals surface area contributed by atoms with Crippen molar-refractivity contribution in [1.29, 1.82) is 0 Å². The van der Waals surface area contributed by atoms with Crippen LogP contribution in [0.2, 0.25) is 0 Å². The molecule has 4 nitrogen and oxygen atoms in total. The number of aryl methyl sites for hydroxylation is 1. The molecular formula is C18H21NO3S. The fourth-order valence-corrected chi connectivity index (χ4v) is 3.80. The molecule has 1 aromatic carbocycles. The molecule has 0 bridgehead atoms. The summed E-state index contributed by atoms with van der Waals surface area (Å²) in [7, 11) is 1.66. The van der Waals surface area contributed by atoms with Crippen molar-refractivity contribution in [3.8, 4) is 5.75 Å². The SMILES string of the molecule is COc1cc(C2(C(=O)OCc3cncs3)CCCC2)ccc1C. The zero-order valence-electron chi connectivity index (χ0n) is 13.5. The van der Waals surface area contributed by atoms with Gasteiger partial charge in [-0.05, 0) is 37.0 Å². The second-order valence-corrected chi connectivity index (χ2v) is 6.99. The molecule has 3 rings (SSSR count). The fourth-order valence-electron chi connectivity index (χ4n) is 3.30. The normalized spacial score (nSPS) is 16.3. The van der Waals surface area contributed by atoms with E-state index < -0.39 is 5.41 Å². The van der Waals surface area contributed by atoms with E-state index in [4.69, 9.17) is 9.47 Å². The standard InChI is InChI=1S/C18H21NO3S/c1-13-5-6-14(9-16(13)21-2)18(7-3-4-8-18)17(20)22-11-15-10-19-12-23-15/h5-6,9-10,12H,3-4,7-8,11H2,1-2H3. The third-order valence-electron chi connectivity index (χ3n) is 4.64. The van der Waals surface area contributed by atoms with E-state index in [1.54, 1.807) is 18.8 Å². The molecule has 122 valence electrons. The largest absolute Gasteiger partial charge is 0.496 e. The van der Waals surface area contributed by atoms with Gasteiger partial charge in [-0.25, -0.2) is 0 Å². The van der Waals surface area contributed by atoms with Gasteiger partial charge in [0.25, 0.3) is 0 Å². The molecule has 2 aromatic rings. The number of hydrogen-bond donors (Lipinski definition) is 0. The zero-order chi connectivity index (χ0) is 16.3. The number of nitrogens with zero attached hydrogens (tertiary/aromatic N) is 1. The smallest absolute Gasteiger partial charge is 0.316 e. The summed E-state index contributed by atoms with van der Waals surface area (Å²) in [6.07, 6.45) is 5.51. The number of esters is 1. The Hall–Kier alpha value is -1.88. The lowest BCUT2D eigenvalue weighted by molar-refractivity contribution is -0.151. The van der Waals surface area contributed by atoms with Crippen molar-refractivity contribution >= 4 is 17.3 Å². The van der Waals surface area contributed by atoms with Gasteiger partial charge in [-0.2, -0.15) is 0 Å². The van der Waals surface area contributed by atoms with Crippen molar-refractivity contribution in [2.45, 2.75) is 44.6 Å². The topological polar surface area (TPSA) is 48.4 Å². The maximum Gasteiger partial charge on any atom is 0.316 e. The highest BCUT2D eigenvalue weighted by atomic mass is 32.1. The third kappa shape index (κ3) is 3.11. The highest BCUT2D eigenvalue weighted by Crippen LogP contribution is 2.43. The van der Waals surface area contributed by atoms with Crippen LogP contribution < -0.4 is 4.74 Å². The van der Waals surface area contributed by atoms with Crippen molar-refractivity contribution in [3.05, 3.63) is 45.9 Å². The molecule has 0 amide bonds. The van der Waals surface area contributed by atoms with Crippen molar-refractivity contribution in [3.63, 3.8) is 0 Å². The summed E-state index contributed by atoms with van der Waals surface area (Å²) < 4.78 is 11.1. The van der Waals surface area contributed by atoms with Gasteiger partial charge in [0.05, 0.1) is 22.9 Å². The summed E-state index contributed by atoms with van der Waals surface area (Å²) in [5.74, 6) is 0.693. The summed E-state index contributed by atoms with van der Waals surface area (Å²) in [5, 5.41) is 0. The molecule has 5 heteroatoms. The molecule has 23 heavy (non-hydrogen) atoms. The highest BCUT2D eigenvalue weighted by Gasteiger charge is 2.44. The van der Waals surface area contributed by atoms with Gasteiger partial charge in [0.15, 0.2) is 0 Å². The lowest BCUT2D eigenvalue weighted by Crippen LogP contribution is -2.34. The Balaban J connectivity index is 1.85. The van der Waals surface area contributed by atoms with E-state index in [1.807, 2.05) is 25.1 Å². The van der Waals surface area contributed by atoms with Crippen LogP contribution in [0.15, 0.2) is 29.9 Å². The van der Waals surface area contributed by atoms with Crippen LogP contribution in [0.3, 0.4) is 0 Å². The van der Waals surface area contributed by atoms with E-state index in [9.17, 15) is 4.79 Å². The molecule has 1 aromatic heterocycles. The zero-order valence-corrected chi connectivity index (χ0v) is 14.3. The number of carbonyl (C=O) groups is 1. The number of rotatable bonds is 5. The Kier molecular flexibility index (Phi) is 4.66. The van der Waals surface area contributed by atoms with Crippen molar-refractivity contribution in [2.75, 3.05) is 7.11 Å². The number of carbonyl (C=O) groups excluding carboxylic acids is 1. The molecule has 0 saturated heterocycles. The summed E-state index contributed by atoms with van der Waals surface area (Å²) in [5.41, 5.74) is 3.29. The quantitative estimate of drug-likeness (QED) is 0.777. The predicted octanol–water partition coefficient (Wildman–Crippen LogP) is 4.02. The van der Waals surface area contributed by atoms with Crippen molar-refractivity contribution in [2.24, 2.45) is 0 Å². The van der Waals surface area contributed by atoms with E-state index in [0.29, 0.717) is 6.61 Å². The maximum atomic E-state index is 12.9. The Bertz CT molecular complexity index is 676. The number of thiazole rings is 1. The number of benzene rings is 1. The van der Waals surface area contributed by atoms with Crippen LogP contribution in [-0.2, 0) is 21.6 Å². The average Bonchev–Trinajstić information content (AvgIpc) is 3.25. The highest BCUT2D eigenvalue weighted by molar-refractivity contribution is 7.09. The monoisotopic (exact) mass is 331 g/mol. The van der Waals surface area contributed by atoms with Crippen LogP contribution in [0.4, 0.5) is 0 Å². The van der Waals surface area contributed by atoms with Gasteiger partial charge in [0, 0.05) is 6.20 Å². The summed E-state index contributed by atoms with van der Waals surface area (Å²) in [6.45, 7) is 2.31. The van der Waals surface area contributed by atoms with E-state index in [1.165, 1.54) is 11.3 Å². The Morgan fingerprint density at radius 2 is 2.13 bits per heavy atom. The van der Waals surface area contributed by atoms with Gasteiger partial charge in [0.1, 0.15) is 12.4 Å². The first-order valence-electron chi connectivity index (χ1n) is 7.85. The third-order valence-corrected chi connectivity index (χ3v) is 5.39. The van der Waals surface area contributed by atoms with Gasteiger partial charge in [0.2, 0.25) is 0 Å². The van der Waals surface area contributed by atoms with Crippen LogP contribution in [0, 0.1) is 6.92 Å². The minimum Gasteiger partial charge on any atom is -0.496 e. The maximum absolute atomic E-state index is 12.9.